The zero-order chi connectivity index (χ0) is 45.6. The Morgan fingerprint density at radius 2 is 1.68 bits per heavy atom. The number of benzene rings is 2. The summed E-state index contributed by atoms with van der Waals surface area (Å²) in [6.07, 6.45) is 2.61. The highest BCUT2D eigenvalue weighted by atomic mass is 19.1. The summed E-state index contributed by atoms with van der Waals surface area (Å²) < 4.78 is 68.4. The average molecular weight is 871 g/mol. The molecule has 338 valence electrons. The van der Waals surface area contributed by atoms with Crippen LogP contribution in [0.4, 0.5) is 18.0 Å². The van der Waals surface area contributed by atoms with E-state index in [4.69, 9.17) is 23.9 Å². The molecule has 3 heterocycles. The van der Waals surface area contributed by atoms with Gasteiger partial charge in [-0.15, -0.1) is 0 Å². The van der Waals surface area contributed by atoms with Crippen LogP contribution in [-0.4, -0.2) is 140 Å². The lowest BCUT2D eigenvalue weighted by molar-refractivity contribution is -0.143. The van der Waals surface area contributed by atoms with Gasteiger partial charge in [0.05, 0.1) is 44.6 Å². The van der Waals surface area contributed by atoms with Gasteiger partial charge < -0.3 is 38.6 Å². The minimum atomic E-state index is -1.44. The molecule has 1 fully saturated rings. The Kier molecular flexibility index (Phi) is 17.8. The number of aromatic nitrogens is 2. The predicted octanol–water partition coefficient (Wildman–Crippen LogP) is 4.94. The van der Waals surface area contributed by atoms with Crippen molar-refractivity contribution < 1.29 is 56.1 Å². The molecule has 0 saturated carbocycles. The summed E-state index contributed by atoms with van der Waals surface area (Å²) >= 11 is 0. The minimum Gasteiger partial charge on any atom is -0.444 e. The molecule has 18 heteroatoms. The maximum atomic E-state index is 15.7. The quantitative estimate of drug-likeness (QED) is 0.0993. The fourth-order valence-electron chi connectivity index (χ4n) is 7.13. The van der Waals surface area contributed by atoms with Crippen molar-refractivity contribution in [2.45, 2.75) is 59.0 Å². The smallest absolute Gasteiger partial charge is 0.410 e. The Hall–Kier alpha value is -5.59. The standard InChI is InChI=1S/C35H45F3N4O5.C9H12N2O4/c1-34(2,3)47-33(44)41-17-24(28(38)19-41)18-42(30(43)21-45-6)31(35(4,5)22-46-7)32-39-29(26-15-25(36)13-14-27(26)37)20-40(32)16-23-11-9-8-10-12-23;12-7-10-3-5-15-6-4-11-8(13)1-2-9(11)14/h8-15,20,24,28,31H,16-19,21-22H2,1-7H3;1-2,7H,3-6H2,(H,10,12). The normalized spacial score (nSPS) is 16.9. The second kappa shape index (κ2) is 22.5. The fourth-order valence-corrected chi connectivity index (χ4v) is 7.13. The maximum Gasteiger partial charge on any atom is 0.410 e. The van der Waals surface area contributed by atoms with Crippen molar-refractivity contribution in [1.29, 1.82) is 0 Å². The van der Waals surface area contributed by atoms with Crippen LogP contribution in [0.25, 0.3) is 11.3 Å². The monoisotopic (exact) mass is 870 g/mol. The summed E-state index contributed by atoms with van der Waals surface area (Å²) in [4.78, 5) is 67.5. The topological polar surface area (TPSA) is 162 Å². The van der Waals surface area contributed by atoms with Crippen LogP contribution < -0.4 is 5.32 Å². The molecule has 0 radical (unpaired) electrons. The number of carbonyl (C=O) groups excluding carboxylic acids is 5. The minimum absolute atomic E-state index is 0.0302. The van der Waals surface area contributed by atoms with Gasteiger partial charge in [0.2, 0.25) is 12.3 Å². The highest BCUT2D eigenvalue weighted by Crippen LogP contribution is 2.41. The molecule has 3 aromatic rings. The Bertz CT molecular complexity index is 2010. The first-order chi connectivity index (χ1) is 29.4. The summed E-state index contributed by atoms with van der Waals surface area (Å²) in [5.74, 6) is -2.71. The van der Waals surface area contributed by atoms with Gasteiger partial charge in [0.1, 0.15) is 35.8 Å². The Labute approximate surface area is 360 Å². The molecule has 2 aliphatic rings. The second-order valence-corrected chi connectivity index (χ2v) is 16.5. The number of amides is 5. The molecule has 3 unspecified atom stereocenters. The summed E-state index contributed by atoms with van der Waals surface area (Å²) in [5, 5.41) is 2.43. The molecule has 15 nitrogen and oxygen atoms in total. The van der Waals surface area contributed by atoms with E-state index in [2.05, 4.69) is 5.32 Å². The van der Waals surface area contributed by atoms with E-state index in [1.165, 1.54) is 36.2 Å². The van der Waals surface area contributed by atoms with Crippen LogP contribution in [0, 0.1) is 23.0 Å². The van der Waals surface area contributed by atoms with E-state index in [1.807, 2.05) is 44.2 Å². The van der Waals surface area contributed by atoms with Gasteiger partial charge in [0.25, 0.3) is 11.8 Å². The molecule has 1 saturated heterocycles. The van der Waals surface area contributed by atoms with Crippen molar-refractivity contribution in [2.75, 3.05) is 73.4 Å². The van der Waals surface area contributed by atoms with Gasteiger partial charge in [0.15, 0.2) is 0 Å². The van der Waals surface area contributed by atoms with Crippen LogP contribution in [0.5, 0.6) is 0 Å². The van der Waals surface area contributed by atoms with E-state index < -0.39 is 52.8 Å². The lowest BCUT2D eigenvalue weighted by Crippen LogP contribution is -2.49. The molecular formula is C44H57F3N6O9. The summed E-state index contributed by atoms with van der Waals surface area (Å²) in [5.41, 5.74) is -0.548. The molecule has 0 spiro atoms. The van der Waals surface area contributed by atoms with E-state index in [9.17, 15) is 28.4 Å². The maximum absolute atomic E-state index is 15.7. The number of nitrogens with zero attached hydrogens (tertiary/aromatic N) is 5. The molecule has 2 aromatic carbocycles. The molecule has 2 aliphatic heterocycles. The Balaban J connectivity index is 0.000000475. The number of likely N-dealkylation sites (tertiary alicyclic amines) is 1. The van der Waals surface area contributed by atoms with E-state index in [1.54, 1.807) is 31.5 Å². The highest BCUT2D eigenvalue weighted by molar-refractivity contribution is 6.12. The first kappa shape index (κ1) is 49.1. The first-order valence-corrected chi connectivity index (χ1v) is 20.1. The largest absolute Gasteiger partial charge is 0.444 e. The second-order valence-electron chi connectivity index (χ2n) is 16.5. The van der Waals surface area contributed by atoms with Gasteiger partial charge in [-0.25, -0.2) is 22.9 Å². The third-order valence-electron chi connectivity index (χ3n) is 9.89. The van der Waals surface area contributed by atoms with Crippen LogP contribution in [0.1, 0.15) is 52.0 Å². The number of alkyl halides is 1. The Morgan fingerprint density at radius 1 is 0.984 bits per heavy atom. The number of nitrogens with one attached hydrogen (secondary N) is 1. The van der Waals surface area contributed by atoms with Crippen LogP contribution in [0.15, 0.2) is 66.9 Å². The molecule has 5 amide bonds. The number of imide groups is 1. The zero-order valence-electron chi connectivity index (χ0n) is 36.3. The summed E-state index contributed by atoms with van der Waals surface area (Å²) in [6.45, 7) is 10.2. The molecule has 1 aromatic heterocycles. The molecular weight excluding hydrogens is 814 g/mol. The zero-order valence-corrected chi connectivity index (χ0v) is 36.3. The fraction of sp³-hybridized carbons (Fsp3) is 0.500. The van der Waals surface area contributed by atoms with Crippen molar-refractivity contribution in [3.8, 4) is 11.3 Å². The molecule has 5 rings (SSSR count). The van der Waals surface area contributed by atoms with Gasteiger partial charge in [-0.1, -0.05) is 44.2 Å². The van der Waals surface area contributed by atoms with Crippen LogP contribution in [0.2, 0.25) is 0 Å². The number of methoxy groups -OCH3 is 2. The van der Waals surface area contributed by atoms with Gasteiger partial charge in [-0.3, -0.25) is 24.1 Å². The van der Waals surface area contributed by atoms with Crippen LogP contribution >= 0.6 is 0 Å². The number of ether oxygens (including phenoxy) is 4. The number of halogens is 3. The van der Waals surface area contributed by atoms with Gasteiger partial charge in [-0.05, 0) is 44.5 Å². The molecule has 0 aliphatic carbocycles. The summed E-state index contributed by atoms with van der Waals surface area (Å²) in [6, 6.07) is 11.8. The van der Waals surface area contributed by atoms with Crippen molar-refractivity contribution in [2.24, 2.45) is 11.3 Å². The number of hydrogen-bond acceptors (Lipinski definition) is 10. The molecule has 3 atom stereocenters. The predicted molar refractivity (Wildman–Crippen MR) is 222 cm³/mol. The molecule has 1 N–H and O–H groups in total. The van der Waals surface area contributed by atoms with E-state index in [-0.39, 0.29) is 69.1 Å². The number of imidazole rings is 1. The van der Waals surface area contributed by atoms with Crippen LogP contribution in [-0.2, 0) is 44.7 Å². The third-order valence-corrected chi connectivity index (χ3v) is 9.89. The SMILES string of the molecule is COCC(=O)N(CC1CN(C(=O)OC(C)(C)C)CC1F)C(c1nc(-c2cc(F)ccc2F)cn1Cc1ccccc1)C(C)(C)COC.O=CNCCOCCN1C(=O)C=CC1=O. The van der Waals surface area contributed by atoms with E-state index in [0.717, 1.165) is 28.7 Å². The van der Waals surface area contributed by atoms with E-state index >= 15 is 8.78 Å². The van der Waals surface area contributed by atoms with E-state index in [0.29, 0.717) is 31.9 Å². The van der Waals surface area contributed by atoms with Gasteiger partial charge in [0, 0.05) is 75.6 Å². The molecule has 62 heavy (non-hydrogen) atoms. The lowest BCUT2D eigenvalue weighted by Gasteiger charge is -2.42. The van der Waals surface area contributed by atoms with Gasteiger partial charge >= 0.3 is 6.09 Å². The highest BCUT2D eigenvalue weighted by Gasteiger charge is 2.45. The Morgan fingerprint density at radius 3 is 2.31 bits per heavy atom. The number of rotatable bonds is 19. The summed E-state index contributed by atoms with van der Waals surface area (Å²) in [7, 11) is 2.93. The van der Waals surface area contributed by atoms with Crippen molar-refractivity contribution >= 4 is 30.2 Å². The first-order valence-electron chi connectivity index (χ1n) is 20.1. The van der Waals surface area contributed by atoms with Crippen molar-refractivity contribution in [3.05, 3.63) is 89.9 Å². The third kappa shape index (κ3) is 13.7. The van der Waals surface area contributed by atoms with Crippen molar-refractivity contribution in [3.63, 3.8) is 0 Å². The average Bonchev–Trinajstić information content (AvgIpc) is 3.89. The lowest BCUT2D eigenvalue weighted by atomic mass is 9.82. The van der Waals surface area contributed by atoms with Crippen LogP contribution in [0.3, 0.4) is 0 Å². The number of hydrogen-bond donors (Lipinski definition) is 1. The number of carbonyl (C=O) groups is 5. The van der Waals surface area contributed by atoms with Gasteiger partial charge in [-0.2, -0.15) is 0 Å². The molecule has 0 bridgehead atoms. The van der Waals surface area contributed by atoms with Crippen molar-refractivity contribution in [1.82, 2.24) is 29.6 Å².